The molecule has 5 heteroatoms. The van der Waals surface area contributed by atoms with Crippen LogP contribution in [0.2, 0.25) is 0 Å². The lowest BCUT2D eigenvalue weighted by atomic mass is 9.73. The lowest BCUT2D eigenvalue weighted by Gasteiger charge is -2.43. The van der Waals surface area contributed by atoms with Crippen LogP contribution in [0.5, 0.6) is 0 Å². The number of fused-ring (bicyclic) bond motifs is 9. The number of aromatic nitrogens is 2. The minimum atomic E-state index is -0.255. The number of aryl methyl sites for hydroxylation is 2. The number of imidazole rings is 1. The second-order valence-corrected chi connectivity index (χ2v) is 12.8. The van der Waals surface area contributed by atoms with Crippen LogP contribution >= 0.6 is 0 Å². The summed E-state index contributed by atoms with van der Waals surface area (Å²) in [6, 6.07) is 37.7. The summed E-state index contributed by atoms with van der Waals surface area (Å²) in [5, 5.41) is 7.82. The van der Waals surface area contributed by atoms with Gasteiger partial charge in [0.25, 0.3) is 5.82 Å². The highest BCUT2D eigenvalue weighted by Gasteiger charge is 2.54. The molecule has 0 spiro atoms. The maximum Gasteiger partial charge on any atom is 0.289 e. The van der Waals surface area contributed by atoms with E-state index >= 15 is 0 Å². The van der Waals surface area contributed by atoms with Crippen molar-refractivity contribution in [2.75, 3.05) is 9.91 Å². The highest BCUT2D eigenvalue weighted by atomic mass is 15.6. The van der Waals surface area contributed by atoms with Crippen LogP contribution in [0.15, 0.2) is 121 Å². The van der Waals surface area contributed by atoms with Crippen LogP contribution in [0, 0.1) is 0 Å². The van der Waals surface area contributed by atoms with Crippen molar-refractivity contribution in [3.63, 3.8) is 0 Å². The van der Waals surface area contributed by atoms with Crippen LogP contribution in [0.3, 0.4) is 0 Å². The van der Waals surface area contributed by atoms with Crippen molar-refractivity contribution >= 4 is 28.4 Å². The van der Waals surface area contributed by atoms with Crippen LogP contribution < -0.4 is 14.5 Å². The van der Waals surface area contributed by atoms with Crippen LogP contribution in [0.4, 0.5) is 11.4 Å². The van der Waals surface area contributed by atoms with Gasteiger partial charge in [0.2, 0.25) is 0 Å². The summed E-state index contributed by atoms with van der Waals surface area (Å²) in [4.78, 5) is 2.48. The Morgan fingerprint density at radius 1 is 0.783 bits per heavy atom. The molecule has 46 heavy (non-hydrogen) atoms. The fourth-order valence-corrected chi connectivity index (χ4v) is 8.19. The normalized spacial score (nSPS) is 17.5. The first-order chi connectivity index (χ1) is 22.6. The first-order valence-electron chi connectivity index (χ1n) is 16.9. The molecular weight excluding hydrogens is 562 g/mol. The standard InChI is InChI=1S/C41H42N5/c1-5-8-17-29-24-25-32-34(28-29)39-43(4)26-27-44(39)41(6-2,7-3)37-33-22-15-16-23-35(33)46-40(36(32)37)45(31-20-13-10-14-21-31)38(42-46)30-18-11-9-12-19-30/h9-16,18-28,40H,5-8,17H2,1-4H3/q+1. The summed E-state index contributed by atoms with van der Waals surface area (Å²) in [6.45, 7) is 7.01. The molecule has 5 nitrogen and oxygen atoms in total. The number of unbranched alkanes of at least 4 members (excludes halogenated alkanes) is 1. The van der Waals surface area contributed by atoms with E-state index in [4.69, 9.17) is 5.10 Å². The van der Waals surface area contributed by atoms with Gasteiger partial charge in [0.1, 0.15) is 17.9 Å². The number of hydrogen-bond acceptors (Lipinski definition) is 3. The molecule has 4 heterocycles. The quantitative estimate of drug-likeness (QED) is 0.174. The highest BCUT2D eigenvalue weighted by molar-refractivity contribution is 6.18. The summed E-state index contributed by atoms with van der Waals surface area (Å²) in [7, 11) is 2.21. The molecule has 1 unspecified atom stereocenters. The molecule has 0 saturated heterocycles. The summed E-state index contributed by atoms with van der Waals surface area (Å²) < 4.78 is 4.94. The maximum absolute atomic E-state index is 5.52. The van der Waals surface area contributed by atoms with Gasteiger partial charge in [-0.15, -0.1) is 0 Å². The molecule has 0 N–H and O–H groups in total. The van der Waals surface area contributed by atoms with E-state index in [9.17, 15) is 0 Å². The predicted octanol–water partition coefficient (Wildman–Crippen LogP) is 8.79. The van der Waals surface area contributed by atoms with Gasteiger partial charge in [-0.1, -0.05) is 106 Å². The van der Waals surface area contributed by atoms with E-state index in [-0.39, 0.29) is 11.7 Å². The first kappa shape index (κ1) is 28.6. The average Bonchev–Trinajstić information content (AvgIpc) is 3.68. The minimum absolute atomic E-state index is 0.157. The number of nitrogens with zero attached hydrogens (tertiary/aromatic N) is 5. The predicted molar refractivity (Wildman–Crippen MR) is 190 cm³/mol. The van der Waals surface area contributed by atoms with E-state index in [1.807, 2.05) is 0 Å². The molecule has 3 aliphatic heterocycles. The fraction of sp³-hybridized carbons (Fsp3) is 0.268. The Bertz CT molecular complexity index is 1980. The zero-order valence-electron chi connectivity index (χ0n) is 27.3. The molecule has 0 amide bonds. The van der Waals surface area contributed by atoms with E-state index in [1.54, 1.807) is 0 Å². The van der Waals surface area contributed by atoms with Gasteiger partial charge in [-0.3, -0.25) is 4.90 Å². The molecule has 0 aliphatic carbocycles. The highest BCUT2D eigenvalue weighted by Crippen LogP contribution is 2.57. The fourth-order valence-electron chi connectivity index (χ4n) is 8.19. The van der Waals surface area contributed by atoms with Gasteiger partial charge < -0.3 is 0 Å². The van der Waals surface area contributed by atoms with Crippen molar-refractivity contribution in [1.29, 1.82) is 0 Å². The topological polar surface area (TPSA) is 27.6 Å². The number of amidine groups is 1. The Balaban J connectivity index is 1.50. The Labute approximate surface area is 272 Å². The van der Waals surface area contributed by atoms with E-state index < -0.39 is 0 Å². The third-order valence-corrected chi connectivity index (χ3v) is 10.5. The Kier molecular flexibility index (Phi) is 6.93. The zero-order valence-corrected chi connectivity index (χ0v) is 27.3. The molecule has 0 fully saturated rings. The molecule has 1 aromatic heterocycles. The molecule has 4 aromatic carbocycles. The van der Waals surface area contributed by atoms with Gasteiger partial charge in [-0.2, -0.15) is 5.10 Å². The monoisotopic (exact) mass is 604 g/mol. The van der Waals surface area contributed by atoms with E-state index in [2.05, 4.69) is 162 Å². The smallest absolute Gasteiger partial charge is 0.289 e. The number of rotatable bonds is 7. The van der Waals surface area contributed by atoms with E-state index in [1.165, 1.54) is 52.1 Å². The van der Waals surface area contributed by atoms with Gasteiger partial charge in [0.05, 0.1) is 18.3 Å². The van der Waals surface area contributed by atoms with E-state index in [0.29, 0.717) is 0 Å². The maximum atomic E-state index is 5.52. The Hall–Kier alpha value is -4.90. The molecule has 1 atom stereocenters. The number of hydrazone groups is 1. The Morgan fingerprint density at radius 3 is 2.24 bits per heavy atom. The molecule has 3 aliphatic rings. The van der Waals surface area contributed by atoms with Gasteiger partial charge in [-0.05, 0) is 61.1 Å². The molecular formula is C41H42N5+. The number of benzene rings is 4. The summed E-state index contributed by atoms with van der Waals surface area (Å²) in [5.74, 6) is 2.23. The van der Waals surface area contributed by atoms with Crippen molar-refractivity contribution in [2.24, 2.45) is 12.1 Å². The van der Waals surface area contributed by atoms with Crippen molar-refractivity contribution in [1.82, 2.24) is 4.57 Å². The largest absolute Gasteiger partial charge is 0.297 e. The van der Waals surface area contributed by atoms with Gasteiger partial charge in [0, 0.05) is 28.0 Å². The summed E-state index contributed by atoms with van der Waals surface area (Å²) >= 11 is 0. The molecule has 0 saturated carbocycles. The second-order valence-electron chi connectivity index (χ2n) is 12.8. The lowest BCUT2D eigenvalue weighted by molar-refractivity contribution is -0.659. The molecule has 230 valence electrons. The third kappa shape index (κ3) is 4.07. The number of hydrogen-bond donors (Lipinski definition) is 0. The molecule has 5 aromatic rings. The number of allylic oxidation sites excluding steroid dienone is 1. The van der Waals surface area contributed by atoms with Gasteiger partial charge in [-0.25, -0.2) is 14.1 Å². The van der Waals surface area contributed by atoms with Crippen molar-refractivity contribution in [3.05, 3.63) is 138 Å². The summed E-state index contributed by atoms with van der Waals surface area (Å²) in [6.07, 6.45) is 9.81. The average molecular weight is 605 g/mol. The first-order valence-corrected chi connectivity index (χ1v) is 16.9. The second kappa shape index (κ2) is 11.2. The third-order valence-electron chi connectivity index (χ3n) is 10.5. The van der Waals surface area contributed by atoms with E-state index in [0.717, 1.165) is 42.0 Å². The molecule has 0 bridgehead atoms. The lowest BCUT2D eigenvalue weighted by Crippen LogP contribution is -2.47. The number of para-hydroxylation sites is 2. The van der Waals surface area contributed by atoms with Crippen LogP contribution in [0.25, 0.3) is 22.5 Å². The van der Waals surface area contributed by atoms with Crippen LogP contribution in [-0.2, 0) is 19.0 Å². The molecule has 8 rings (SSSR count). The van der Waals surface area contributed by atoms with Gasteiger partial charge >= 0.3 is 0 Å². The number of anilines is 2. The SMILES string of the molecule is CCCCc1ccc2c(c1)-c1n(cc[n+]1C)C(CC)(CC)C1=C2C2N(N=C(c3ccccc3)N2c2ccccc2)c2ccccc21. The zero-order chi connectivity index (χ0) is 31.4. The minimum Gasteiger partial charge on any atom is -0.297 e. The van der Waals surface area contributed by atoms with Crippen LogP contribution in [-0.4, -0.2) is 16.6 Å². The van der Waals surface area contributed by atoms with Crippen molar-refractivity contribution < 1.29 is 4.57 Å². The Morgan fingerprint density at radius 2 is 1.50 bits per heavy atom. The van der Waals surface area contributed by atoms with Crippen LogP contribution in [0.1, 0.15) is 68.7 Å². The van der Waals surface area contributed by atoms with Crippen molar-refractivity contribution in [2.45, 2.75) is 64.6 Å². The summed E-state index contributed by atoms with van der Waals surface area (Å²) in [5.41, 5.74) is 11.2. The van der Waals surface area contributed by atoms with Gasteiger partial charge in [0.15, 0.2) is 12.0 Å². The van der Waals surface area contributed by atoms with Crippen molar-refractivity contribution in [3.8, 4) is 11.4 Å². The molecule has 0 radical (unpaired) electrons.